The van der Waals surface area contributed by atoms with E-state index in [9.17, 15) is 14.4 Å². The van der Waals surface area contributed by atoms with Gasteiger partial charge in [0.2, 0.25) is 5.91 Å². The van der Waals surface area contributed by atoms with Gasteiger partial charge in [-0.05, 0) is 17.1 Å². The first-order chi connectivity index (χ1) is 14.3. The molecule has 1 aliphatic heterocycles. The Hall–Kier alpha value is -2.60. The van der Waals surface area contributed by atoms with Crippen LogP contribution in [0, 0.1) is 11.3 Å². The molecule has 1 aromatic carbocycles. The summed E-state index contributed by atoms with van der Waals surface area (Å²) in [4.78, 5) is 45.2. The Morgan fingerprint density at radius 2 is 1.70 bits per heavy atom. The minimum atomic E-state index is -0.663. The lowest BCUT2D eigenvalue weighted by molar-refractivity contribution is -0.136. The molecule has 2 fully saturated rings. The average molecular weight is 410 g/mol. The number of Topliss-reactive ketones (excluding diaryl/α,β-unsaturated/α-hetero) is 2. The van der Waals surface area contributed by atoms with Crippen molar-refractivity contribution < 1.29 is 14.4 Å². The van der Waals surface area contributed by atoms with Crippen molar-refractivity contribution in [3.8, 4) is 0 Å². The van der Waals surface area contributed by atoms with Crippen LogP contribution in [0.2, 0.25) is 0 Å². The molecule has 2 aliphatic rings. The zero-order valence-corrected chi connectivity index (χ0v) is 17.9. The van der Waals surface area contributed by atoms with E-state index in [1.54, 1.807) is 12.3 Å². The largest absolute Gasteiger partial charge is 0.337 e. The van der Waals surface area contributed by atoms with Crippen molar-refractivity contribution in [1.82, 2.24) is 9.80 Å². The van der Waals surface area contributed by atoms with E-state index in [-0.39, 0.29) is 22.9 Å². The Balaban J connectivity index is 1.38. The van der Waals surface area contributed by atoms with Crippen molar-refractivity contribution in [2.45, 2.75) is 26.7 Å². The first-order valence-corrected chi connectivity index (χ1v) is 10.6. The van der Waals surface area contributed by atoms with E-state index in [0.29, 0.717) is 32.5 Å². The normalized spacial score (nSPS) is 21.1. The van der Waals surface area contributed by atoms with E-state index >= 15 is 0 Å². The highest BCUT2D eigenvalue weighted by molar-refractivity contribution is 6.16. The highest BCUT2D eigenvalue weighted by Gasteiger charge is 2.38. The molecule has 30 heavy (non-hydrogen) atoms. The smallest absolute Gasteiger partial charge is 0.246 e. The van der Waals surface area contributed by atoms with Crippen LogP contribution < -0.4 is 0 Å². The molecule has 0 aromatic heterocycles. The molecule has 0 radical (unpaired) electrons. The molecule has 0 unspecified atom stereocenters. The molecule has 6 heteroatoms. The summed E-state index contributed by atoms with van der Waals surface area (Å²) in [7, 11) is 0. The van der Waals surface area contributed by atoms with Crippen LogP contribution in [0.5, 0.6) is 0 Å². The Bertz CT molecular complexity index is 801. The predicted molar refractivity (Wildman–Crippen MR) is 118 cm³/mol. The Morgan fingerprint density at radius 3 is 2.33 bits per heavy atom. The molecule has 160 valence electrons. The lowest BCUT2D eigenvalue weighted by Gasteiger charge is -2.34. The topological polar surface area (TPSA) is 70.1 Å². The number of carbonyl (C=O) groups excluding carboxylic acids is 3. The number of nitrogens with zero attached hydrogens (tertiary/aromatic N) is 3. The molecule has 1 saturated heterocycles. The van der Waals surface area contributed by atoms with Gasteiger partial charge in [-0.2, -0.15) is 0 Å². The van der Waals surface area contributed by atoms with Crippen molar-refractivity contribution >= 4 is 29.8 Å². The molecule has 1 heterocycles. The second kappa shape index (κ2) is 9.94. The molecule has 0 N–H and O–H groups in total. The molecule has 1 saturated carbocycles. The van der Waals surface area contributed by atoms with Crippen LogP contribution in [0.3, 0.4) is 0 Å². The zero-order chi connectivity index (χ0) is 21.6. The van der Waals surface area contributed by atoms with E-state index in [0.717, 1.165) is 25.2 Å². The fraction of sp³-hybridized carbons (Fsp3) is 0.500. The van der Waals surface area contributed by atoms with E-state index in [2.05, 4.69) is 9.89 Å². The van der Waals surface area contributed by atoms with E-state index in [1.807, 2.05) is 55.2 Å². The summed E-state index contributed by atoms with van der Waals surface area (Å²) in [5.74, 6) is -0.663. The van der Waals surface area contributed by atoms with Crippen LogP contribution >= 0.6 is 0 Å². The summed E-state index contributed by atoms with van der Waals surface area (Å²) in [6.45, 7) is 8.22. The van der Waals surface area contributed by atoms with Crippen LogP contribution in [0.15, 0.2) is 41.4 Å². The van der Waals surface area contributed by atoms with Gasteiger partial charge >= 0.3 is 0 Å². The molecule has 0 atom stereocenters. The maximum Gasteiger partial charge on any atom is 0.246 e. The number of piperazine rings is 1. The highest BCUT2D eigenvalue weighted by atomic mass is 16.2. The molecule has 0 bridgehead atoms. The molecular weight excluding hydrogens is 378 g/mol. The van der Waals surface area contributed by atoms with Gasteiger partial charge in [0.05, 0.1) is 6.54 Å². The van der Waals surface area contributed by atoms with Crippen molar-refractivity contribution in [1.29, 1.82) is 0 Å². The molecule has 0 spiro atoms. The van der Waals surface area contributed by atoms with Gasteiger partial charge in [0.25, 0.3) is 0 Å². The number of aliphatic imine (C=N–C) groups is 1. The Morgan fingerprint density at radius 1 is 1.07 bits per heavy atom. The van der Waals surface area contributed by atoms with Crippen LogP contribution in [0.1, 0.15) is 32.3 Å². The van der Waals surface area contributed by atoms with Crippen LogP contribution in [0.25, 0.3) is 6.08 Å². The number of ketones is 2. The van der Waals surface area contributed by atoms with E-state index in [4.69, 9.17) is 0 Å². The van der Waals surface area contributed by atoms with Gasteiger partial charge in [-0.3, -0.25) is 24.3 Å². The van der Waals surface area contributed by atoms with Crippen molar-refractivity contribution in [3.05, 3.63) is 42.0 Å². The molecule has 6 nitrogen and oxygen atoms in total. The fourth-order valence-electron chi connectivity index (χ4n) is 3.98. The van der Waals surface area contributed by atoms with Gasteiger partial charge in [0, 0.05) is 57.9 Å². The molecule has 1 aliphatic carbocycles. The molecular formula is C24H31N3O3. The van der Waals surface area contributed by atoms with Crippen LogP contribution in [0.4, 0.5) is 0 Å². The number of hydrogen-bond acceptors (Lipinski definition) is 5. The van der Waals surface area contributed by atoms with Gasteiger partial charge in [-0.1, -0.05) is 44.2 Å². The number of rotatable bonds is 6. The third kappa shape index (κ3) is 6.20. The lowest BCUT2D eigenvalue weighted by Crippen LogP contribution is -2.48. The Labute approximate surface area is 178 Å². The SMILES string of the molecule is CC1(C)CC(=O)C(C=NCCN2CCN(C(=O)/C=C/c3ccccc3)CC2)C(=O)C1. The predicted octanol–water partition coefficient (Wildman–Crippen LogP) is 2.49. The molecule has 1 amide bonds. The first kappa shape index (κ1) is 22.1. The monoisotopic (exact) mass is 409 g/mol. The highest BCUT2D eigenvalue weighted by Crippen LogP contribution is 2.33. The maximum atomic E-state index is 12.4. The van der Waals surface area contributed by atoms with E-state index in [1.165, 1.54) is 0 Å². The number of carbonyl (C=O) groups is 3. The third-order valence-electron chi connectivity index (χ3n) is 5.70. The minimum Gasteiger partial charge on any atom is -0.337 e. The quantitative estimate of drug-likeness (QED) is 0.411. The van der Waals surface area contributed by atoms with Crippen molar-refractivity contribution in [2.24, 2.45) is 16.3 Å². The third-order valence-corrected chi connectivity index (χ3v) is 5.70. The maximum absolute atomic E-state index is 12.4. The number of hydrogen-bond donors (Lipinski definition) is 0. The molecule has 1 aromatic rings. The first-order valence-electron chi connectivity index (χ1n) is 10.6. The van der Waals surface area contributed by atoms with Gasteiger partial charge in [-0.25, -0.2) is 0 Å². The molecule has 3 rings (SSSR count). The van der Waals surface area contributed by atoms with Crippen LogP contribution in [-0.2, 0) is 14.4 Å². The summed E-state index contributed by atoms with van der Waals surface area (Å²) < 4.78 is 0. The van der Waals surface area contributed by atoms with Gasteiger partial charge in [-0.15, -0.1) is 0 Å². The summed E-state index contributed by atoms with van der Waals surface area (Å²) >= 11 is 0. The summed E-state index contributed by atoms with van der Waals surface area (Å²) in [5.41, 5.74) is 0.784. The van der Waals surface area contributed by atoms with Gasteiger partial charge in [0.1, 0.15) is 17.5 Å². The lowest BCUT2D eigenvalue weighted by atomic mass is 9.72. The Kier molecular flexibility index (Phi) is 7.32. The number of benzene rings is 1. The van der Waals surface area contributed by atoms with Crippen molar-refractivity contribution in [3.63, 3.8) is 0 Å². The fourth-order valence-corrected chi connectivity index (χ4v) is 3.98. The number of amides is 1. The minimum absolute atomic E-state index is 0.0179. The zero-order valence-electron chi connectivity index (χ0n) is 17.9. The van der Waals surface area contributed by atoms with E-state index < -0.39 is 5.92 Å². The summed E-state index contributed by atoms with van der Waals surface area (Å²) in [6, 6.07) is 9.79. The standard InChI is InChI=1S/C24H31N3O3/c1-24(2)16-21(28)20(22(29)17-24)18-25-10-11-26-12-14-27(15-13-26)23(30)9-8-19-6-4-3-5-7-19/h3-9,18,20H,10-17H2,1-2H3/b9-8+,25-18?. The van der Waals surface area contributed by atoms with Gasteiger partial charge < -0.3 is 4.90 Å². The summed E-state index contributed by atoms with van der Waals surface area (Å²) in [5, 5.41) is 0. The van der Waals surface area contributed by atoms with Crippen LogP contribution in [-0.4, -0.2) is 72.8 Å². The second-order valence-corrected chi connectivity index (χ2v) is 8.89. The van der Waals surface area contributed by atoms with Gasteiger partial charge in [0.15, 0.2) is 0 Å². The average Bonchev–Trinajstić information content (AvgIpc) is 2.71. The van der Waals surface area contributed by atoms with Crippen molar-refractivity contribution in [2.75, 3.05) is 39.3 Å². The second-order valence-electron chi connectivity index (χ2n) is 8.89. The summed E-state index contributed by atoms with van der Waals surface area (Å²) in [6.07, 6.45) is 5.90.